The minimum absolute atomic E-state index is 1.49. The number of hydrogen-bond donors (Lipinski definition) is 0. The van der Waals surface area contributed by atoms with Crippen LogP contribution in [0.2, 0.25) is 11.5 Å². The number of halogens is 2. The van der Waals surface area contributed by atoms with Crippen LogP contribution in [0, 0.1) is 0 Å². The first-order chi connectivity index (χ1) is 3.06. The van der Waals surface area contributed by atoms with Crippen molar-refractivity contribution < 1.29 is 0 Å². The Morgan fingerprint density at radius 2 is 1.86 bits per heavy atom. The van der Waals surface area contributed by atoms with E-state index in [1.807, 2.05) is 4.99 Å². The van der Waals surface area contributed by atoms with Gasteiger partial charge in [0.05, 0.1) is 0 Å². The Morgan fingerprint density at radius 1 is 1.43 bits per heavy atom. The molecule has 0 aromatic heterocycles. The Labute approximate surface area is 62.5 Å². The molecule has 0 heterocycles. The van der Waals surface area contributed by atoms with Crippen LogP contribution in [0.3, 0.4) is 0 Å². The molecule has 0 aromatic carbocycles. The van der Waals surface area contributed by atoms with Crippen LogP contribution in [0.4, 0.5) is 0 Å². The Balaban J connectivity index is 3.56. The Morgan fingerprint density at radius 3 is 1.86 bits per heavy atom. The summed E-state index contributed by atoms with van der Waals surface area (Å²) in [4.78, 5) is 4.14. The van der Waals surface area contributed by atoms with Gasteiger partial charge in [0.2, 0.25) is 0 Å². The molecule has 0 radical (unpaired) electrons. The summed E-state index contributed by atoms with van der Waals surface area (Å²) in [5.41, 5.74) is 0. The van der Waals surface area contributed by atoms with Crippen LogP contribution >= 0.6 is 29.9 Å². The van der Waals surface area contributed by atoms with Gasteiger partial charge in [-0.25, -0.2) is 0 Å². The molecular formula is C4H8Br2Ge. The van der Waals surface area contributed by atoms with Gasteiger partial charge in [-0.3, -0.25) is 0 Å². The summed E-state index contributed by atoms with van der Waals surface area (Å²) in [6.45, 7) is 0. The molecule has 0 rings (SSSR count). The third-order valence-electron chi connectivity index (χ3n) is 0.459. The number of hydrogen-bond acceptors (Lipinski definition) is 0. The van der Waals surface area contributed by atoms with Gasteiger partial charge in [-0.15, -0.1) is 0 Å². The van der Waals surface area contributed by atoms with E-state index in [1.165, 1.54) is 0 Å². The molecule has 0 unspecified atom stereocenters. The molecule has 0 aliphatic heterocycles. The molecule has 3 heteroatoms. The fourth-order valence-electron chi connectivity index (χ4n) is 0.150. The van der Waals surface area contributed by atoms with E-state index < -0.39 is 11.4 Å². The Hall–Kier alpha value is 1.24. The summed E-state index contributed by atoms with van der Waals surface area (Å²) in [5.74, 6) is 4.52. The summed E-state index contributed by atoms with van der Waals surface area (Å²) in [7, 11) is 0. The zero-order chi connectivity index (χ0) is 5.91. The molecule has 0 saturated heterocycles. The fraction of sp³-hybridized carbons (Fsp3) is 0.500. The molecule has 0 amide bonds. The van der Waals surface area contributed by atoms with Gasteiger partial charge in [-0.1, -0.05) is 0 Å². The Kier molecular flexibility index (Phi) is 3.89. The molecule has 0 N–H and O–H groups in total. The predicted molar refractivity (Wildman–Crippen MR) is 44.5 cm³/mol. The molecule has 0 spiro atoms. The van der Waals surface area contributed by atoms with Crippen LogP contribution in [0.5, 0.6) is 0 Å². The summed E-state index contributed by atoms with van der Waals surface area (Å²) in [5, 5.41) is 0. The third kappa shape index (κ3) is 7.24. The molecule has 0 aliphatic rings. The Bertz CT molecular complexity index is 72.2. The monoisotopic (exact) mass is 288 g/mol. The van der Waals surface area contributed by atoms with Crippen molar-refractivity contribution in [2.75, 3.05) is 0 Å². The van der Waals surface area contributed by atoms with E-state index in [-0.39, 0.29) is 0 Å². The predicted octanol–water partition coefficient (Wildman–Crippen LogP) is 3.03. The topological polar surface area (TPSA) is 0 Å². The molecule has 0 bridgehead atoms. The molecular weight excluding hydrogens is 280 g/mol. The van der Waals surface area contributed by atoms with Gasteiger partial charge in [-0.2, -0.15) is 0 Å². The van der Waals surface area contributed by atoms with Crippen molar-refractivity contribution in [3.63, 3.8) is 0 Å². The fourth-order valence-corrected chi connectivity index (χ4v) is 6.74. The zero-order valence-electron chi connectivity index (χ0n) is 4.41. The minimum atomic E-state index is -1.49. The van der Waals surface area contributed by atoms with Crippen molar-refractivity contribution in [2.45, 2.75) is 11.5 Å². The second kappa shape index (κ2) is 3.30. The van der Waals surface area contributed by atoms with Crippen molar-refractivity contribution in [1.29, 1.82) is 0 Å². The van der Waals surface area contributed by atoms with Gasteiger partial charge >= 0.3 is 62.8 Å². The van der Waals surface area contributed by atoms with E-state index in [1.54, 1.807) is 0 Å². The SMILES string of the molecule is [CH3][Ge]([CH3])([Br])[CH]=CBr. The maximum atomic E-state index is 3.61. The average Bonchev–Trinajstić information content (AvgIpc) is 1.30. The molecule has 0 aliphatic carbocycles. The molecule has 0 aromatic rings. The molecule has 0 saturated carbocycles. The first-order valence-corrected chi connectivity index (χ1v) is 13.3. The van der Waals surface area contributed by atoms with Gasteiger partial charge in [0.1, 0.15) is 0 Å². The second-order valence-corrected chi connectivity index (χ2v) is 20.3. The molecule has 0 atom stereocenters. The van der Waals surface area contributed by atoms with Gasteiger partial charge < -0.3 is 0 Å². The second-order valence-electron chi connectivity index (χ2n) is 1.86. The van der Waals surface area contributed by atoms with Crippen molar-refractivity contribution in [3.8, 4) is 0 Å². The van der Waals surface area contributed by atoms with Crippen LogP contribution < -0.4 is 0 Å². The van der Waals surface area contributed by atoms with E-state index >= 15 is 0 Å². The summed E-state index contributed by atoms with van der Waals surface area (Å²) in [6.07, 6.45) is 0. The average molecular weight is 289 g/mol. The van der Waals surface area contributed by atoms with Crippen LogP contribution in [-0.2, 0) is 0 Å². The third-order valence-corrected chi connectivity index (χ3v) is 5.13. The van der Waals surface area contributed by atoms with Crippen molar-refractivity contribution >= 4 is 41.4 Å². The maximum absolute atomic E-state index is 3.61. The van der Waals surface area contributed by atoms with E-state index in [0.717, 1.165) is 0 Å². The van der Waals surface area contributed by atoms with Crippen molar-refractivity contribution in [2.24, 2.45) is 0 Å². The van der Waals surface area contributed by atoms with Crippen LogP contribution in [-0.4, -0.2) is 11.4 Å². The summed E-state index contributed by atoms with van der Waals surface area (Å²) >= 11 is 5.34. The van der Waals surface area contributed by atoms with E-state index in [4.69, 9.17) is 0 Å². The van der Waals surface area contributed by atoms with Crippen LogP contribution in [0.1, 0.15) is 0 Å². The summed E-state index contributed by atoms with van der Waals surface area (Å²) < 4.78 is 0. The van der Waals surface area contributed by atoms with Crippen LogP contribution in [0.25, 0.3) is 0 Å². The van der Waals surface area contributed by atoms with E-state index in [0.29, 0.717) is 0 Å². The van der Waals surface area contributed by atoms with Crippen molar-refractivity contribution in [3.05, 3.63) is 9.89 Å². The molecule has 0 fully saturated rings. The van der Waals surface area contributed by atoms with Crippen molar-refractivity contribution in [1.82, 2.24) is 0 Å². The van der Waals surface area contributed by atoms with Gasteiger partial charge in [0.15, 0.2) is 0 Å². The number of rotatable bonds is 1. The first-order valence-electron chi connectivity index (χ1n) is 2.03. The van der Waals surface area contributed by atoms with Gasteiger partial charge in [0.25, 0.3) is 0 Å². The van der Waals surface area contributed by atoms with Gasteiger partial charge in [0, 0.05) is 0 Å². The molecule has 42 valence electrons. The standard InChI is InChI=1S/C4H8Br2Ge/c1-7(2,6)4-3-5/h3-4H,1-2H3. The van der Waals surface area contributed by atoms with Crippen LogP contribution in [0.15, 0.2) is 9.89 Å². The summed E-state index contributed by atoms with van der Waals surface area (Å²) in [6, 6.07) is 0. The molecule has 7 heavy (non-hydrogen) atoms. The quantitative estimate of drug-likeness (QED) is 0.651. The van der Waals surface area contributed by atoms with Gasteiger partial charge in [-0.05, 0) is 0 Å². The van der Waals surface area contributed by atoms with E-state index in [2.05, 4.69) is 46.4 Å². The zero-order valence-corrected chi connectivity index (χ0v) is 9.68. The van der Waals surface area contributed by atoms with E-state index in [9.17, 15) is 0 Å². The first kappa shape index (κ1) is 8.24. The normalized spacial score (nSPS) is 13.1. The molecule has 0 nitrogen and oxygen atoms in total.